The average Bonchev–Trinajstić information content (AvgIpc) is 2.95. The molecule has 4 rings (SSSR count). The lowest BCUT2D eigenvalue weighted by Crippen LogP contribution is -2.42. The lowest BCUT2D eigenvalue weighted by atomic mass is 9.56. The molecule has 1 saturated carbocycles. The molecule has 1 aliphatic heterocycles. The molecular formula is C25H29Cl2NO3. The summed E-state index contributed by atoms with van der Waals surface area (Å²) >= 11 is 12.9. The molecule has 6 atom stereocenters. The summed E-state index contributed by atoms with van der Waals surface area (Å²) in [4.78, 5) is 12.9. The Labute approximate surface area is 193 Å². The van der Waals surface area contributed by atoms with Crippen LogP contribution in [-0.4, -0.2) is 29.8 Å². The van der Waals surface area contributed by atoms with Crippen molar-refractivity contribution in [1.82, 2.24) is 5.32 Å². The molecule has 2 aliphatic rings. The molecule has 0 aromatic heterocycles. The van der Waals surface area contributed by atoms with E-state index >= 15 is 0 Å². The summed E-state index contributed by atoms with van der Waals surface area (Å²) in [5.74, 6) is 1.25. The second-order valence-corrected chi connectivity index (χ2v) is 10.1. The highest BCUT2D eigenvalue weighted by Crippen LogP contribution is 2.59. The number of aliphatic hydroxyl groups excluding tert-OH is 1. The van der Waals surface area contributed by atoms with Gasteiger partial charge in [-0.2, -0.15) is 0 Å². The third kappa shape index (κ3) is 4.18. The summed E-state index contributed by atoms with van der Waals surface area (Å²) in [5, 5.41) is 14.0. The fourth-order valence-corrected chi connectivity index (χ4v) is 6.06. The maximum atomic E-state index is 12.9. The Bertz CT molecular complexity index is 962. The van der Waals surface area contributed by atoms with Crippen molar-refractivity contribution in [2.24, 2.45) is 11.3 Å². The van der Waals surface area contributed by atoms with Crippen molar-refractivity contribution in [3.63, 3.8) is 0 Å². The topological polar surface area (TPSA) is 58.6 Å². The van der Waals surface area contributed by atoms with Gasteiger partial charge in [-0.05, 0) is 73.9 Å². The van der Waals surface area contributed by atoms with Crippen LogP contribution in [-0.2, 0) is 4.79 Å². The van der Waals surface area contributed by atoms with Gasteiger partial charge in [0, 0.05) is 22.0 Å². The van der Waals surface area contributed by atoms with Gasteiger partial charge >= 0.3 is 0 Å². The highest BCUT2D eigenvalue weighted by molar-refractivity contribution is 6.31. The summed E-state index contributed by atoms with van der Waals surface area (Å²) < 4.78 is 5.63. The first kappa shape index (κ1) is 22.4. The monoisotopic (exact) mass is 461 g/mol. The summed E-state index contributed by atoms with van der Waals surface area (Å²) in [5.41, 5.74) is 1.85. The second kappa shape index (κ2) is 8.65. The smallest absolute Gasteiger partial charge is 0.226 e. The molecule has 2 fully saturated rings. The van der Waals surface area contributed by atoms with Crippen molar-refractivity contribution >= 4 is 29.1 Å². The Morgan fingerprint density at radius 1 is 1.23 bits per heavy atom. The number of amides is 1. The van der Waals surface area contributed by atoms with Crippen LogP contribution in [0.3, 0.4) is 0 Å². The molecule has 0 radical (unpaired) electrons. The van der Waals surface area contributed by atoms with Crippen LogP contribution in [0.5, 0.6) is 5.75 Å². The van der Waals surface area contributed by atoms with E-state index < -0.39 is 11.5 Å². The van der Waals surface area contributed by atoms with E-state index in [0.29, 0.717) is 15.8 Å². The van der Waals surface area contributed by atoms with Crippen LogP contribution < -0.4 is 10.1 Å². The standard InChI is InChI=1S/C25H29Cl2NO3/c1-14(29)13-31-18-8-9-19(21(27)12-18)20-10-11-25(3)23(15(2)28-24(25)30)22(20)16-4-6-17(26)7-5-16/h4-9,12,14-15,20,22-23,29H,10-11,13H2,1-3H3,(H,28,30)/t14?,15-,20+,22+,23+,25-/m1/s1. The van der Waals surface area contributed by atoms with E-state index in [9.17, 15) is 9.90 Å². The first-order valence-corrected chi connectivity index (χ1v) is 11.6. The van der Waals surface area contributed by atoms with Gasteiger partial charge in [-0.15, -0.1) is 0 Å². The van der Waals surface area contributed by atoms with Crippen LogP contribution in [0.2, 0.25) is 10.0 Å². The Kier molecular flexibility index (Phi) is 6.26. The van der Waals surface area contributed by atoms with E-state index in [-0.39, 0.29) is 36.3 Å². The van der Waals surface area contributed by atoms with Crippen molar-refractivity contribution in [2.75, 3.05) is 6.61 Å². The summed E-state index contributed by atoms with van der Waals surface area (Å²) in [6.07, 6.45) is 1.14. The second-order valence-electron chi connectivity index (χ2n) is 9.27. The highest BCUT2D eigenvalue weighted by atomic mass is 35.5. The largest absolute Gasteiger partial charge is 0.491 e. The van der Waals surface area contributed by atoms with Crippen LogP contribution in [0, 0.1) is 11.3 Å². The van der Waals surface area contributed by atoms with E-state index in [4.69, 9.17) is 27.9 Å². The van der Waals surface area contributed by atoms with Crippen LogP contribution in [0.15, 0.2) is 42.5 Å². The molecule has 1 unspecified atom stereocenters. The van der Waals surface area contributed by atoms with Gasteiger partial charge in [0.2, 0.25) is 5.91 Å². The van der Waals surface area contributed by atoms with Gasteiger partial charge in [-0.25, -0.2) is 0 Å². The molecule has 1 heterocycles. The van der Waals surface area contributed by atoms with Crippen molar-refractivity contribution in [3.05, 3.63) is 63.6 Å². The molecule has 6 heteroatoms. The summed E-state index contributed by atoms with van der Waals surface area (Å²) in [6.45, 7) is 6.11. The minimum Gasteiger partial charge on any atom is -0.491 e. The maximum absolute atomic E-state index is 12.9. The van der Waals surface area contributed by atoms with E-state index in [0.717, 1.165) is 18.4 Å². The number of aliphatic hydroxyl groups is 1. The Morgan fingerprint density at radius 2 is 1.94 bits per heavy atom. The van der Waals surface area contributed by atoms with Gasteiger partial charge in [0.25, 0.3) is 0 Å². The minimum atomic E-state index is -0.544. The molecule has 1 aliphatic carbocycles. The quantitative estimate of drug-likeness (QED) is 0.612. The molecule has 2 aromatic rings. The predicted molar refractivity (Wildman–Crippen MR) is 124 cm³/mol. The lowest BCUT2D eigenvalue weighted by Gasteiger charge is -2.46. The van der Waals surface area contributed by atoms with Crippen LogP contribution in [0.4, 0.5) is 0 Å². The van der Waals surface area contributed by atoms with Crippen LogP contribution in [0.1, 0.15) is 56.6 Å². The van der Waals surface area contributed by atoms with Gasteiger partial charge in [0.15, 0.2) is 0 Å². The molecule has 1 amide bonds. The normalized spacial score (nSPS) is 31.1. The van der Waals surface area contributed by atoms with Crippen LogP contribution >= 0.6 is 23.2 Å². The van der Waals surface area contributed by atoms with Crippen molar-refractivity contribution < 1.29 is 14.6 Å². The van der Waals surface area contributed by atoms with Gasteiger partial charge in [-0.3, -0.25) is 4.79 Å². The number of hydrogen-bond acceptors (Lipinski definition) is 3. The van der Waals surface area contributed by atoms with Crippen molar-refractivity contribution in [2.45, 2.75) is 57.6 Å². The average molecular weight is 462 g/mol. The zero-order valence-electron chi connectivity index (χ0n) is 18.1. The molecule has 166 valence electrons. The minimum absolute atomic E-state index is 0.0772. The SMILES string of the molecule is CC(O)COc1ccc([C@@H]2CC[C@@]3(C)C(=O)N[C@H](C)[C@H]3[C@H]2c2ccc(Cl)cc2)c(Cl)c1. The summed E-state index contributed by atoms with van der Waals surface area (Å²) in [6, 6.07) is 13.8. The van der Waals surface area contributed by atoms with Gasteiger partial charge in [0.05, 0.1) is 11.5 Å². The van der Waals surface area contributed by atoms with Crippen molar-refractivity contribution in [1.29, 1.82) is 0 Å². The van der Waals surface area contributed by atoms with E-state index in [2.05, 4.69) is 31.3 Å². The first-order chi connectivity index (χ1) is 14.7. The third-order valence-corrected chi connectivity index (χ3v) is 7.64. The number of fused-ring (bicyclic) bond motifs is 1. The Hall–Kier alpha value is -1.75. The van der Waals surface area contributed by atoms with Gasteiger partial charge in [0.1, 0.15) is 12.4 Å². The number of carbonyl (C=O) groups is 1. The fraction of sp³-hybridized carbons (Fsp3) is 0.480. The number of rotatable bonds is 5. The van der Waals surface area contributed by atoms with Gasteiger partial charge < -0.3 is 15.2 Å². The van der Waals surface area contributed by atoms with Crippen LogP contribution in [0.25, 0.3) is 0 Å². The zero-order valence-corrected chi connectivity index (χ0v) is 19.6. The molecule has 2 N–H and O–H groups in total. The number of benzene rings is 2. The molecule has 1 saturated heterocycles. The van der Waals surface area contributed by atoms with Gasteiger partial charge in [-0.1, -0.05) is 48.3 Å². The third-order valence-electron chi connectivity index (χ3n) is 7.06. The Morgan fingerprint density at radius 3 is 2.58 bits per heavy atom. The number of halogens is 2. The number of carbonyl (C=O) groups excluding carboxylic acids is 1. The number of hydrogen-bond donors (Lipinski definition) is 2. The van der Waals surface area contributed by atoms with E-state index in [1.54, 1.807) is 6.92 Å². The highest BCUT2D eigenvalue weighted by Gasteiger charge is 2.57. The molecule has 4 nitrogen and oxygen atoms in total. The fourth-order valence-electron chi connectivity index (χ4n) is 5.63. The predicted octanol–water partition coefficient (Wildman–Crippen LogP) is 5.56. The van der Waals surface area contributed by atoms with E-state index in [1.807, 2.05) is 30.3 Å². The summed E-state index contributed by atoms with van der Waals surface area (Å²) in [7, 11) is 0. The van der Waals surface area contributed by atoms with Crippen molar-refractivity contribution in [3.8, 4) is 5.75 Å². The molecule has 31 heavy (non-hydrogen) atoms. The number of nitrogens with one attached hydrogen (secondary N) is 1. The first-order valence-electron chi connectivity index (χ1n) is 10.9. The number of ether oxygens (including phenoxy) is 1. The zero-order chi connectivity index (χ0) is 22.3. The lowest BCUT2D eigenvalue weighted by molar-refractivity contribution is -0.129. The molecular weight excluding hydrogens is 433 g/mol. The maximum Gasteiger partial charge on any atom is 0.226 e. The molecule has 0 bridgehead atoms. The molecule has 2 aromatic carbocycles. The van der Waals surface area contributed by atoms with E-state index in [1.165, 1.54) is 5.56 Å². The molecule has 0 spiro atoms. The Balaban J connectivity index is 1.74.